The van der Waals surface area contributed by atoms with E-state index in [9.17, 15) is 14.9 Å². The third kappa shape index (κ3) is 4.76. The number of nitriles is 1. The van der Waals surface area contributed by atoms with Crippen molar-refractivity contribution in [2.75, 3.05) is 10.6 Å². The Morgan fingerprint density at radius 1 is 1.08 bits per heavy atom. The van der Waals surface area contributed by atoms with Gasteiger partial charge in [-0.25, -0.2) is 9.97 Å². The molecule has 0 atom stereocenters. The number of carbonyl (C=O) groups is 2. The SMILES string of the molecule is Cc1ccc(Oc2ccc3nc(NC(=O)C4CC4)sc3n2)cc1NC(=O)c1cccc(C2(C#N)CC2)c1. The molecule has 0 unspecified atom stereocenters. The Morgan fingerprint density at radius 3 is 2.68 bits per heavy atom. The van der Waals surface area contributed by atoms with Gasteiger partial charge < -0.3 is 15.4 Å². The van der Waals surface area contributed by atoms with Gasteiger partial charge in [0.15, 0.2) is 5.13 Å². The zero-order valence-electron chi connectivity index (χ0n) is 20.1. The highest BCUT2D eigenvalue weighted by molar-refractivity contribution is 7.21. The lowest BCUT2D eigenvalue weighted by atomic mass is 9.96. The predicted octanol–water partition coefficient (Wildman–Crippen LogP) is 5.95. The summed E-state index contributed by atoms with van der Waals surface area (Å²) < 4.78 is 5.99. The number of anilines is 2. The molecule has 0 bridgehead atoms. The fourth-order valence-corrected chi connectivity index (χ4v) is 4.96. The minimum atomic E-state index is -0.449. The molecule has 6 rings (SSSR count). The van der Waals surface area contributed by atoms with Gasteiger partial charge in [-0.1, -0.05) is 29.5 Å². The van der Waals surface area contributed by atoms with Crippen molar-refractivity contribution < 1.29 is 14.3 Å². The molecule has 2 heterocycles. The predicted molar refractivity (Wildman–Crippen MR) is 141 cm³/mol. The first-order valence-electron chi connectivity index (χ1n) is 12.1. The van der Waals surface area contributed by atoms with Crippen LogP contribution in [0.15, 0.2) is 54.6 Å². The van der Waals surface area contributed by atoms with Crippen molar-refractivity contribution in [1.29, 1.82) is 5.26 Å². The van der Waals surface area contributed by atoms with Gasteiger partial charge in [0.05, 0.1) is 11.5 Å². The number of thiazole rings is 1. The van der Waals surface area contributed by atoms with Crippen LogP contribution >= 0.6 is 11.3 Å². The minimum absolute atomic E-state index is 0.00796. The van der Waals surface area contributed by atoms with Crippen LogP contribution in [-0.2, 0) is 10.2 Å². The number of ether oxygens (including phenoxy) is 1. The molecular weight excluding hydrogens is 486 g/mol. The van der Waals surface area contributed by atoms with Gasteiger partial charge in [0.1, 0.15) is 16.1 Å². The summed E-state index contributed by atoms with van der Waals surface area (Å²) in [4.78, 5) is 34.7. The maximum Gasteiger partial charge on any atom is 0.255 e. The van der Waals surface area contributed by atoms with Crippen LogP contribution in [0, 0.1) is 24.2 Å². The highest BCUT2D eigenvalue weighted by atomic mass is 32.1. The minimum Gasteiger partial charge on any atom is -0.439 e. The van der Waals surface area contributed by atoms with Gasteiger partial charge in [0, 0.05) is 29.3 Å². The first-order chi connectivity index (χ1) is 17.9. The number of hydrogen-bond acceptors (Lipinski definition) is 7. The van der Waals surface area contributed by atoms with E-state index in [0.717, 1.165) is 36.8 Å². The molecule has 0 saturated heterocycles. The number of nitrogens with zero attached hydrogens (tertiary/aromatic N) is 3. The molecule has 2 fully saturated rings. The number of aromatic nitrogens is 2. The smallest absolute Gasteiger partial charge is 0.255 e. The molecule has 2 aromatic heterocycles. The first-order valence-corrected chi connectivity index (χ1v) is 12.9. The van der Waals surface area contributed by atoms with Crippen molar-refractivity contribution in [2.45, 2.75) is 38.0 Å². The number of amides is 2. The van der Waals surface area contributed by atoms with Gasteiger partial charge in [-0.05, 0) is 68.0 Å². The summed E-state index contributed by atoms with van der Waals surface area (Å²) in [6, 6.07) is 18.6. The molecule has 2 saturated carbocycles. The van der Waals surface area contributed by atoms with Gasteiger partial charge >= 0.3 is 0 Å². The molecule has 0 aliphatic heterocycles. The summed E-state index contributed by atoms with van der Waals surface area (Å²) in [7, 11) is 0. The molecule has 8 nitrogen and oxygen atoms in total. The summed E-state index contributed by atoms with van der Waals surface area (Å²) in [6.45, 7) is 1.91. The van der Waals surface area contributed by atoms with E-state index >= 15 is 0 Å². The summed E-state index contributed by atoms with van der Waals surface area (Å²) in [5.74, 6) is 0.770. The van der Waals surface area contributed by atoms with Gasteiger partial charge in [0.2, 0.25) is 11.8 Å². The number of fused-ring (bicyclic) bond motifs is 1. The molecule has 0 spiro atoms. The maximum atomic E-state index is 13.0. The summed E-state index contributed by atoms with van der Waals surface area (Å²) in [5.41, 5.74) is 3.14. The molecule has 2 aromatic carbocycles. The largest absolute Gasteiger partial charge is 0.439 e. The molecule has 2 aliphatic rings. The fourth-order valence-electron chi connectivity index (χ4n) is 4.13. The molecule has 9 heteroatoms. The quantitative estimate of drug-likeness (QED) is 0.318. The van der Waals surface area contributed by atoms with Gasteiger partial charge in [0.25, 0.3) is 5.91 Å². The molecule has 184 valence electrons. The normalized spacial score (nSPS) is 15.6. The van der Waals surface area contributed by atoms with Crippen LogP contribution in [0.1, 0.15) is 47.2 Å². The van der Waals surface area contributed by atoms with Crippen LogP contribution in [0.5, 0.6) is 11.6 Å². The highest BCUT2D eigenvalue weighted by Gasteiger charge is 2.45. The van der Waals surface area contributed by atoms with E-state index in [-0.39, 0.29) is 17.7 Å². The number of pyridine rings is 1. The van der Waals surface area contributed by atoms with Crippen molar-refractivity contribution >= 4 is 44.3 Å². The number of nitrogens with one attached hydrogen (secondary N) is 2. The van der Waals surface area contributed by atoms with Crippen molar-refractivity contribution in [3.8, 4) is 17.7 Å². The number of aryl methyl sites for hydroxylation is 1. The standard InChI is InChI=1S/C28H23N5O3S/c1-16-5-8-20(14-22(16)30-25(35)18-3-2-4-19(13-18)28(15-29)11-12-28)36-23-10-9-21-26(32-23)37-27(31-21)33-24(34)17-6-7-17/h2-5,8-10,13-14,17H,6-7,11-12H2,1H3,(H,30,35)(H,31,33,34). The van der Waals surface area contributed by atoms with E-state index in [0.29, 0.717) is 38.4 Å². The van der Waals surface area contributed by atoms with Crippen LogP contribution in [-0.4, -0.2) is 21.8 Å². The van der Waals surface area contributed by atoms with E-state index in [1.54, 1.807) is 30.3 Å². The lowest BCUT2D eigenvalue weighted by Gasteiger charge is -2.12. The Kier molecular flexibility index (Phi) is 5.61. The lowest BCUT2D eigenvalue weighted by molar-refractivity contribution is -0.117. The number of carbonyl (C=O) groups excluding carboxylic acids is 2. The van der Waals surface area contributed by atoms with Crippen molar-refractivity contribution in [1.82, 2.24) is 9.97 Å². The molecule has 0 radical (unpaired) electrons. The third-order valence-electron chi connectivity index (χ3n) is 6.73. The molecule has 2 aliphatic carbocycles. The Balaban J connectivity index is 1.17. The Bertz CT molecular complexity index is 1600. The number of hydrogen-bond donors (Lipinski definition) is 2. The molecule has 2 N–H and O–H groups in total. The highest BCUT2D eigenvalue weighted by Crippen LogP contribution is 2.47. The molecule has 37 heavy (non-hydrogen) atoms. The zero-order chi connectivity index (χ0) is 25.6. The number of rotatable bonds is 7. The van der Waals surface area contributed by atoms with Gasteiger partial charge in [-0.15, -0.1) is 0 Å². The third-order valence-corrected chi connectivity index (χ3v) is 7.61. The van der Waals surface area contributed by atoms with E-state index in [4.69, 9.17) is 4.74 Å². The Labute approximate surface area is 217 Å². The van der Waals surface area contributed by atoms with Gasteiger partial charge in [-0.2, -0.15) is 5.26 Å². The molecular formula is C28H23N5O3S. The van der Waals surface area contributed by atoms with E-state index in [1.807, 2.05) is 31.2 Å². The van der Waals surface area contributed by atoms with Crippen LogP contribution in [0.4, 0.5) is 10.8 Å². The van der Waals surface area contributed by atoms with Crippen molar-refractivity contribution in [3.05, 3.63) is 71.3 Å². The average Bonchev–Trinajstić information content (AvgIpc) is 3.83. The van der Waals surface area contributed by atoms with Gasteiger partial charge in [-0.3, -0.25) is 9.59 Å². The van der Waals surface area contributed by atoms with Crippen molar-refractivity contribution in [3.63, 3.8) is 0 Å². The first kappa shape index (κ1) is 23.1. The van der Waals surface area contributed by atoms with Crippen LogP contribution < -0.4 is 15.4 Å². The van der Waals surface area contributed by atoms with Crippen LogP contribution in [0.2, 0.25) is 0 Å². The van der Waals surface area contributed by atoms with E-state index in [1.165, 1.54) is 11.3 Å². The van der Waals surface area contributed by atoms with Crippen LogP contribution in [0.3, 0.4) is 0 Å². The maximum absolute atomic E-state index is 13.0. The fraction of sp³-hybridized carbons (Fsp3) is 0.250. The Hall–Kier alpha value is -4.29. The van der Waals surface area contributed by atoms with E-state index < -0.39 is 5.41 Å². The summed E-state index contributed by atoms with van der Waals surface area (Å²) in [6.07, 6.45) is 3.51. The lowest BCUT2D eigenvalue weighted by Crippen LogP contribution is -2.14. The Morgan fingerprint density at radius 2 is 1.92 bits per heavy atom. The second-order valence-corrected chi connectivity index (χ2v) is 10.5. The molecule has 4 aromatic rings. The second kappa shape index (κ2) is 8.98. The topological polar surface area (TPSA) is 117 Å². The summed E-state index contributed by atoms with van der Waals surface area (Å²) >= 11 is 1.30. The second-order valence-electron chi connectivity index (χ2n) is 9.56. The number of benzene rings is 2. The van der Waals surface area contributed by atoms with Crippen LogP contribution in [0.25, 0.3) is 10.3 Å². The van der Waals surface area contributed by atoms with E-state index in [2.05, 4.69) is 26.7 Å². The molecule has 2 amide bonds. The monoisotopic (exact) mass is 509 g/mol. The summed E-state index contributed by atoms with van der Waals surface area (Å²) in [5, 5.41) is 15.8. The van der Waals surface area contributed by atoms with Crippen molar-refractivity contribution in [2.24, 2.45) is 5.92 Å². The zero-order valence-corrected chi connectivity index (χ0v) is 20.9. The average molecular weight is 510 g/mol.